The monoisotopic (exact) mass is 296 g/mol. The Labute approximate surface area is 110 Å². The van der Waals surface area contributed by atoms with Crippen LogP contribution in [0.25, 0.3) is 0 Å². The molecule has 17 heavy (non-hydrogen) atoms. The first-order valence-corrected chi connectivity index (χ1v) is 6.58. The molecule has 0 aliphatic carbocycles. The number of amides is 1. The van der Waals surface area contributed by atoms with Gasteiger partial charge in [0, 0.05) is 16.6 Å². The van der Waals surface area contributed by atoms with Crippen molar-refractivity contribution in [2.24, 2.45) is 0 Å². The van der Waals surface area contributed by atoms with Gasteiger partial charge in [0.05, 0.1) is 5.54 Å². The Kier molecular flexibility index (Phi) is 3.54. The molecule has 1 aromatic rings. The van der Waals surface area contributed by atoms with E-state index in [2.05, 4.69) is 33.5 Å². The minimum absolute atomic E-state index is 0.000556. The van der Waals surface area contributed by atoms with E-state index in [-0.39, 0.29) is 11.4 Å². The highest BCUT2D eigenvalue weighted by Crippen LogP contribution is 2.18. The lowest BCUT2D eigenvalue weighted by atomic mass is 10.0. The second-order valence-electron chi connectivity index (χ2n) is 4.96. The Bertz CT molecular complexity index is 419. The Hall–Kier alpha value is -0.870. The number of hydrogen-bond donors (Lipinski definition) is 2. The van der Waals surface area contributed by atoms with Crippen LogP contribution in [-0.4, -0.2) is 24.5 Å². The van der Waals surface area contributed by atoms with Gasteiger partial charge in [0.1, 0.15) is 0 Å². The minimum Gasteiger partial charge on any atom is -0.346 e. The van der Waals surface area contributed by atoms with E-state index < -0.39 is 0 Å². The molecule has 0 radical (unpaired) electrons. The first-order chi connectivity index (χ1) is 7.98. The molecule has 2 N–H and O–H groups in total. The van der Waals surface area contributed by atoms with Crippen LogP contribution in [0.3, 0.4) is 0 Å². The van der Waals surface area contributed by atoms with Crippen molar-refractivity contribution in [2.75, 3.05) is 13.1 Å². The zero-order chi connectivity index (χ0) is 12.5. The minimum atomic E-state index is -0.118. The maximum Gasteiger partial charge on any atom is 0.251 e. The van der Waals surface area contributed by atoms with E-state index in [1.165, 1.54) is 0 Å². The summed E-state index contributed by atoms with van der Waals surface area (Å²) >= 11 is 3.42. The highest BCUT2D eigenvalue weighted by Gasteiger charge is 2.30. The van der Waals surface area contributed by atoms with Crippen molar-refractivity contribution in [3.05, 3.63) is 33.8 Å². The second-order valence-corrected chi connectivity index (χ2v) is 5.87. The lowest BCUT2D eigenvalue weighted by molar-refractivity contribution is 0.0913. The van der Waals surface area contributed by atoms with Gasteiger partial charge in [-0.3, -0.25) is 4.79 Å². The van der Waals surface area contributed by atoms with Gasteiger partial charge in [-0.1, -0.05) is 15.9 Å². The number of benzene rings is 1. The summed E-state index contributed by atoms with van der Waals surface area (Å²) in [5.74, 6) is 0.000556. The van der Waals surface area contributed by atoms with Crippen LogP contribution in [0.15, 0.2) is 22.7 Å². The number of carbonyl (C=O) groups is 1. The number of aryl methyl sites for hydroxylation is 1. The predicted molar refractivity (Wildman–Crippen MR) is 72.2 cm³/mol. The number of carbonyl (C=O) groups excluding carboxylic acids is 1. The Morgan fingerprint density at radius 1 is 1.47 bits per heavy atom. The smallest absolute Gasteiger partial charge is 0.251 e. The standard InChI is InChI=1S/C13H17BrN2O/c1-9-5-10(7-11(14)6-9)12(17)16-13(2)3-4-15-8-13/h5-7,15H,3-4,8H2,1-2H3,(H,16,17). The largest absolute Gasteiger partial charge is 0.346 e. The lowest BCUT2D eigenvalue weighted by Crippen LogP contribution is -2.47. The van der Waals surface area contributed by atoms with Gasteiger partial charge in [-0.15, -0.1) is 0 Å². The fourth-order valence-corrected chi connectivity index (χ4v) is 2.75. The van der Waals surface area contributed by atoms with Gasteiger partial charge < -0.3 is 10.6 Å². The average molecular weight is 297 g/mol. The molecule has 92 valence electrons. The SMILES string of the molecule is Cc1cc(Br)cc(C(=O)NC2(C)CCNC2)c1. The van der Waals surface area contributed by atoms with Crippen LogP contribution >= 0.6 is 15.9 Å². The third kappa shape index (κ3) is 3.07. The van der Waals surface area contributed by atoms with Crippen molar-refractivity contribution >= 4 is 21.8 Å². The van der Waals surface area contributed by atoms with Gasteiger partial charge in [0.15, 0.2) is 0 Å². The second kappa shape index (κ2) is 4.78. The molecule has 1 aliphatic rings. The molecule has 0 aromatic heterocycles. The Morgan fingerprint density at radius 3 is 2.82 bits per heavy atom. The van der Waals surface area contributed by atoms with Crippen LogP contribution in [0.4, 0.5) is 0 Å². The van der Waals surface area contributed by atoms with E-state index >= 15 is 0 Å². The fraction of sp³-hybridized carbons (Fsp3) is 0.462. The van der Waals surface area contributed by atoms with E-state index in [1.54, 1.807) is 0 Å². The van der Waals surface area contributed by atoms with E-state index in [0.29, 0.717) is 5.56 Å². The fourth-order valence-electron chi connectivity index (χ4n) is 2.14. The van der Waals surface area contributed by atoms with Crippen molar-refractivity contribution < 1.29 is 4.79 Å². The van der Waals surface area contributed by atoms with E-state index in [9.17, 15) is 4.79 Å². The van der Waals surface area contributed by atoms with Crippen molar-refractivity contribution in [3.63, 3.8) is 0 Å². The van der Waals surface area contributed by atoms with Crippen molar-refractivity contribution in [1.29, 1.82) is 0 Å². The van der Waals surface area contributed by atoms with Crippen LogP contribution in [0.2, 0.25) is 0 Å². The number of halogens is 1. The predicted octanol–water partition coefficient (Wildman–Crippen LogP) is 2.24. The third-order valence-corrected chi connectivity index (χ3v) is 3.55. The van der Waals surface area contributed by atoms with Crippen molar-refractivity contribution in [2.45, 2.75) is 25.8 Å². The normalized spacial score (nSPS) is 23.7. The zero-order valence-corrected chi connectivity index (χ0v) is 11.7. The lowest BCUT2D eigenvalue weighted by Gasteiger charge is -2.24. The van der Waals surface area contributed by atoms with Gasteiger partial charge in [-0.2, -0.15) is 0 Å². The molecule has 0 bridgehead atoms. The van der Waals surface area contributed by atoms with Crippen molar-refractivity contribution in [1.82, 2.24) is 10.6 Å². The van der Waals surface area contributed by atoms with Crippen LogP contribution < -0.4 is 10.6 Å². The molecule has 2 rings (SSSR count). The molecular weight excluding hydrogens is 280 g/mol. The molecule has 1 saturated heterocycles. The highest BCUT2D eigenvalue weighted by molar-refractivity contribution is 9.10. The average Bonchev–Trinajstić information content (AvgIpc) is 2.63. The first kappa shape index (κ1) is 12.6. The molecule has 1 aromatic carbocycles. The molecule has 1 atom stereocenters. The topological polar surface area (TPSA) is 41.1 Å². The summed E-state index contributed by atoms with van der Waals surface area (Å²) in [6, 6.07) is 5.76. The molecule has 1 heterocycles. The van der Waals surface area contributed by atoms with E-state index in [1.807, 2.05) is 25.1 Å². The zero-order valence-electron chi connectivity index (χ0n) is 10.1. The summed E-state index contributed by atoms with van der Waals surface area (Å²) in [4.78, 5) is 12.2. The van der Waals surface area contributed by atoms with Crippen LogP contribution in [0, 0.1) is 6.92 Å². The van der Waals surface area contributed by atoms with Gasteiger partial charge in [0.25, 0.3) is 5.91 Å². The van der Waals surface area contributed by atoms with Gasteiger partial charge >= 0.3 is 0 Å². The quantitative estimate of drug-likeness (QED) is 0.879. The summed E-state index contributed by atoms with van der Waals surface area (Å²) in [6.45, 7) is 5.87. The van der Waals surface area contributed by atoms with Crippen LogP contribution in [0.1, 0.15) is 29.3 Å². The summed E-state index contributed by atoms with van der Waals surface area (Å²) in [5, 5.41) is 6.37. The summed E-state index contributed by atoms with van der Waals surface area (Å²) in [6.07, 6.45) is 0.978. The highest BCUT2D eigenvalue weighted by atomic mass is 79.9. The number of hydrogen-bond acceptors (Lipinski definition) is 2. The van der Waals surface area contributed by atoms with E-state index in [0.717, 1.165) is 29.5 Å². The number of nitrogens with one attached hydrogen (secondary N) is 2. The maximum atomic E-state index is 12.2. The molecule has 1 unspecified atom stereocenters. The van der Waals surface area contributed by atoms with E-state index in [4.69, 9.17) is 0 Å². The Morgan fingerprint density at radius 2 is 2.24 bits per heavy atom. The molecule has 0 spiro atoms. The third-order valence-electron chi connectivity index (χ3n) is 3.09. The van der Waals surface area contributed by atoms with Gasteiger partial charge in [-0.05, 0) is 50.6 Å². The first-order valence-electron chi connectivity index (χ1n) is 5.79. The maximum absolute atomic E-state index is 12.2. The number of rotatable bonds is 2. The molecular formula is C13H17BrN2O. The van der Waals surface area contributed by atoms with Gasteiger partial charge in [0.2, 0.25) is 0 Å². The molecule has 4 heteroatoms. The molecule has 1 aliphatic heterocycles. The van der Waals surface area contributed by atoms with Gasteiger partial charge in [-0.25, -0.2) is 0 Å². The summed E-state index contributed by atoms with van der Waals surface area (Å²) in [7, 11) is 0. The summed E-state index contributed by atoms with van der Waals surface area (Å²) in [5.41, 5.74) is 1.68. The molecule has 1 amide bonds. The van der Waals surface area contributed by atoms with Crippen LogP contribution in [0.5, 0.6) is 0 Å². The van der Waals surface area contributed by atoms with Crippen molar-refractivity contribution in [3.8, 4) is 0 Å². The molecule has 3 nitrogen and oxygen atoms in total. The molecule has 0 saturated carbocycles. The Balaban J connectivity index is 2.14. The molecule has 1 fully saturated rings. The summed E-state index contributed by atoms with van der Waals surface area (Å²) < 4.78 is 0.942. The van der Waals surface area contributed by atoms with Crippen LogP contribution in [-0.2, 0) is 0 Å².